The summed E-state index contributed by atoms with van der Waals surface area (Å²) in [5, 5.41) is 9.12. The summed E-state index contributed by atoms with van der Waals surface area (Å²) in [7, 11) is 1.56. The molecule has 19 heavy (non-hydrogen) atoms. The third kappa shape index (κ3) is 2.83. The van der Waals surface area contributed by atoms with E-state index in [9.17, 15) is 9.59 Å². The van der Waals surface area contributed by atoms with E-state index in [1.807, 2.05) is 0 Å². The molecule has 1 N–H and O–H groups in total. The van der Waals surface area contributed by atoms with Crippen LogP contribution < -0.4 is 4.74 Å². The molecule has 1 heterocycles. The van der Waals surface area contributed by atoms with Crippen LogP contribution in [-0.4, -0.2) is 41.6 Å². The van der Waals surface area contributed by atoms with E-state index < -0.39 is 12.0 Å². The zero-order valence-electron chi connectivity index (χ0n) is 10.4. The first kappa shape index (κ1) is 14.1. The third-order valence-corrected chi connectivity index (χ3v) is 4.10. The second kappa shape index (κ2) is 5.77. The molecule has 0 radical (unpaired) electrons. The average molecular weight is 375 g/mol. The van der Waals surface area contributed by atoms with Gasteiger partial charge in [-0.25, -0.2) is 4.79 Å². The van der Waals surface area contributed by atoms with Crippen molar-refractivity contribution in [2.24, 2.45) is 0 Å². The average Bonchev–Trinajstić information content (AvgIpc) is 2.87. The smallest absolute Gasteiger partial charge is 0.326 e. The Morgan fingerprint density at radius 2 is 2.21 bits per heavy atom. The van der Waals surface area contributed by atoms with Crippen LogP contribution >= 0.6 is 22.6 Å². The van der Waals surface area contributed by atoms with E-state index >= 15 is 0 Å². The number of likely N-dealkylation sites (tertiary alicyclic amines) is 1. The van der Waals surface area contributed by atoms with Crippen LogP contribution in [0.1, 0.15) is 23.2 Å². The standard InChI is InChI=1S/C13H14INO4/c1-19-8-4-5-9(10(14)7-8)12(16)15-6-2-3-11(15)13(17)18/h4-5,7,11H,2-3,6H2,1H3,(H,17,18). The first-order chi connectivity index (χ1) is 9.04. The maximum absolute atomic E-state index is 12.4. The normalized spacial score (nSPS) is 18.4. The van der Waals surface area contributed by atoms with Crippen LogP contribution in [0.15, 0.2) is 18.2 Å². The Kier molecular flexibility index (Phi) is 4.28. The molecule has 1 aromatic rings. The maximum atomic E-state index is 12.4. The Morgan fingerprint density at radius 3 is 2.79 bits per heavy atom. The Labute approximate surface area is 124 Å². The van der Waals surface area contributed by atoms with Crippen molar-refractivity contribution in [2.75, 3.05) is 13.7 Å². The van der Waals surface area contributed by atoms with Crippen LogP contribution in [0.5, 0.6) is 5.75 Å². The van der Waals surface area contributed by atoms with E-state index in [1.54, 1.807) is 25.3 Å². The molecule has 1 atom stereocenters. The summed E-state index contributed by atoms with van der Waals surface area (Å²) in [6, 6.07) is 4.45. The van der Waals surface area contributed by atoms with E-state index in [0.717, 1.165) is 9.99 Å². The van der Waals surface area contributed by atoms with Gasteiger partial charge < -0.3 is 14.7 Å². The van der Waals surface area contributed by atoms with E-state index in [0.29, 0.717) is 24.3 Å². The molecule has 2 rings (SSSR count). The molecule has 1 fully saturated rings. The number of hydrogen-bond donors (Lipinski definition) is 1. The molecule has 0 spiro atoms. The Bertz CT molecular complexity index is 517. The highest BCUT2D eigenvalue weighted by atomic mass is 127. The molecule has 1 saturated heterocycles. The molecule has 5 nitrogen and oxygen atoms in total. The topological polar surface area (TPSA) is 66.8 Å². The Hall–Kier alpha value is -1.31. The number of halogens is 1. The number of rotatable bonds is 3. The van der Waals surface area contributed by atoms with Gasteiger partial charge >= 0.3 is 5.97 Å². The predicted octanol–water partition coefficient (Wildman–Crippen LogP) is 1.99. The Morgan fingerprint density at radius 1 is 1.47 bits per heavy atom. The van der Waals surface area contributed by atoms with Crippen molar-refractivity contribution in [3.8, 4) is 5.75 Å². The molecule has 1 aliphatic heterocycles. The van der Waals surface area contributed by atoms with Gasteiger partial charge in [0.1, 0.15) is 11.8 Å². The van der Waals surface area contributed by atoms with Crippen molar-refractivity contribution in [2.45, 2.75) is 18.9 Å². The second-order valence-corrected chi connectivity index (χ2v) is 5.50. The summed E-state index contributed by atoms with van der Waals surface area (Å²) < 4.78 is 5.85. The summed E-state index contributed by atoms with van der Waals surface area (Å²) in [6.07, 6.45) is 1.25. The number of hydrogen-bond acceptors (Lipinski definition) is 3. The number of nitrogens with zero attached hydrogens (tertiary/aromatic N) is 1. The van der Waals surface area contributed by atoms with Crippen molar-refractivity contribution in [3.63, 3.8) is 0 Å². The highest BCUT2D eigenvalue weighted by Gasteiger charge is 2.34. The molecule has 6 heteroatoms. The maximum Gasteiger partial charge on any atom is 0.326 e. The molecular weight excluding hydrogens is 361 g/mol. The fourth-order valence-electron chi connectivity index (χ4n) is 2.22. The predicted molar refractivity (Wildman–Crippen MR) is 77.4 cm³/mol. The quantitative estimate of drug-likeness (QED) is 0.821. The number of carbonyl (C=O) groups is 2. The monoisotopic (exact) mass is 375 g/mol. The number of amides is 1. The lowest BCUT2D eigenvalue weighted by Crippen LogP contribution is -2.40. The van der Waals surface area contributed by atoms with Crippen LogP contribution in [0.2, 0.25) is 0 Å². The fourth-order valence-corrected chi connectivity index (χ4v) is 2.93. The molecule has 0 saturated carbocycles. The van der Waals surface area contributed by atoms with Crippen molar-refractivity contribution >= 4 is 34.5 Å². The van der Waals surface area contributed by atoms with Crippen molar-refractivity contribution < 1.29 is 19.4 Å². The summed E-state index contributed by atoms with van der Waals surface area (Å²) in [6.45, 7) is 0.498. The van der Waals surface area contributed by atoms with Crippen LogP contribution in [0.3, 0.4) is 0 Å². The minimum atomic E-state index is -0.936. The molecule has 1 aromatic carbocycles. The number of benzene rings is 1. The highest BCUT2D eigenvalue weighted by Crippen LogP contribution is 2.25. The van der Waals surface area contributed by atoms with Crippen LogP contribution in [0.4, 0.5) is 0 Å². The van der Waals surface area contributed by atoms with Crippen molar-refractivity contribution in [3.05, 3.63) is 27.3 Å². The lowest BCUT2D eigenvalue weighted by Gasteiger charge is -2.22. The van der Waals surface area contributed by atoms with Gasteiger partial charge in [0, 0.05) is 10.1 Å². The van der Waals surface area contributed by atoms with E-state index in [1.165, 1.54) is 4.90 Å². The molecule has 1 aliphatic rings. The van der Waals surface area contributed by atoms with Gasteiger partial charge in [0.2, 0.25) is 0 Å². The highest BCUT2D eigenvalue weighted by molar-refractivity contribution is 14.1. The molecule has 0 aromatic heterocycles. The van der Waals surface area contributed by atoms with E-state index in [-0.39, 0.29) is 5.91 Å². The van der Waals surface area contributed by atoms with Gasteiger partial charge in [0.15, 0.2) is 0 Å². The van der Waals surface area contributed by atoms with Gasteiger partial charge in [0.25, 0.3) is 5.91 Å². The minimum absolute atomic E-state index is 0.225. The van der Waals surface area contributed by atoms with Crippen LogP contribution in [0.25, 0.3) is 0 Å². The van der Waals surface area contributed by atoms with Crippen molar-refractivity contribution in [1.82, 2.24) is 4.90 Å². The first-order valence-corrected chi connectivity index (χ1v) is 6.99. The van der Waals surface area contributed by atoms with E-state index in [4.69, 9.17) is 9.84 Å². The number of carbonyl (C=O) groups excluding carboxylic acids is 1. The first-order valence-electron chi connectivity index (χ1n) is 5.92. The number of methoxy groups -OCH3 is 1. The lowest BCUT2D eigenvalue weighted by atomic mass is 10.1. The SMILES string of the molecule is COc1ccc(C(=O)N2CCCC2C(=O)O)c(I)c1. The van der Waals surface area contributed by atoms with Gasteiger partial charge in [0.05, 0.1) is 12.7 Å². The summed E-state index contributed by atoms with van der Waals surface area (Å²) in [5.41, 5.74) is 0.523. The number of ether oxygens (including phenoxy) is 1. The van der Waals surface area contributed by atoms with Gasteiger partial charge in [-0.3, -0.25) is 4.79 Å². The number of carboxylic acid groups (broad SMARTS) is 1. The zero-order valence-corrected chi connectivity index (χ0v) is 12.6. The minimum Gasteiger partial charge on any atom is -0.497 e. The van der Waals surface area contributed by atoms with Gasteiger partial charge in [-0.1, -0.05) is 0 Å². The van der Waals surface area contributed by atoms with Gasteiger partial charge in [-0.2, -0.15) is 0 Å². The third-order valence-electron chi connectivity index (χ3n) is 3.21. The summed E-state index contributed by atoms with van der Waals surface area (Å²) >= 11 is 2.06. The van der Waals surface area contributed by atoms with Gasteiger partial charge in [-0.05, 0) is 53.6 Å². The van der Waals surface area contributed by atoms with Crippen LogP contribution in [-0.2, 0) is 4.79 Å². The Balaban J connectivity index is 2.26. The van der Waals surface area contributed by atoms with Crippen LogP contribution in [0, 0.1) is 3.57 Å². The lowest BCUT2D eigenvalue weighted by molar-refractivity contribution is -0.141. The largest absolute Gasteiger partial charge is 0.497 e. The van der Waals surface area contributed by atoms with Crippen molar-refractivity contribution in [1.29, 1.82) is 0 Å². The molecular formula is C13H14INO4. The van der Waals surface area contributed by atoms with E-state index in [2.05, 4.69) is 22.6 Å². The zero-order chi connectivity index (χ0) is 14.0. The summed E-state index contributed by atoms with van der Waals surface area (Å²) in [5.74, 6) is -0.483. The molecule has 1 unspecified atom stereocenters. The fraction of sp³-hybridized carbons (Fsp3) is 0.385. The molecule has 0 bridgehead atoms. The molecule has 0 aliphatic carbocycles. The molecule has 102 valence electrons. The number of carboxylic acids is 1. The molecule has 1 amide bonds. The van der Waals surface area contributed by atoms with Gasteiger partial charge in [-0.15, -0.1) is 0 Å². The summed E-state index contributed by atoms with van der Waals surface area (Å²) in [4.78, 5) is 25.0. The number of aliphatic carboxylic acids is 1. The second-order valence-electron chi connectivity index (χ2n) is 4.34.